The van der Waals surface area contributed by atoms with Crippen molar-refractivity contribution in [2.45, 2.75) is 31.6 Å². The van der Waals surface area contributed by atoms with Gasteiger partial charge in [-0.05, 0) is 59.7 Å². The number of aromatic amines is 1. The van der Waals surface area contributed by atoms with Gasteiger partial charge in [-0.1, -0.05) is 55.3 Å². The Labute approximate surface area is 165 Å². The third-order valence-corrected chi connectivity index (χ3v) is 5.86. The van der Waals surface area contributed by atoms with Crippen molar-refractivity contribution in [3.63, 3.8) is 0 Å². The van der Waals surface area contributed by atoms with Crippen LogP contribution in [0.5, 0.6) is 11.5 Å². The molecule has 1 fully saturated rings. The number of H-pyrrole nitrogens is 1. The predicted molar refractivity (Wildman–Crippen MR) is 116 cm³/mol. The van der Waals surface area contributed by atoms with E-state index in [9.17, 15) is 0 Å². The van der Waals surface area contributed by atoms with Gasteiger partial charge in [-0.15, -0.1) is 0 Å². The molecule has 0 radical (unpaired) electrons. The zero-order chi connectivity index (χ0) is 18.9. The van der Waals surface area contributed by atoms with E-state index in [1.807, 2.05) is 42.5 Å². The highest BCUT2D eigenvalue weighted by Crippen LogP contribution is 2.42. The minimum Gasteiger partial charge on any atom is -0.457 e. The second-order valence-corrected chi connectivity index (χ2v) is 7.61. The molecule has 1 aromatic heterocycles. The van der Waals surface area contributed by atoms with E-state index >= 15 is 0 Å². The summed E-state index contributed by atoms with van der Waals surface area (Å²) in [4.78, 5) is 3.25. The molecule has 0 atom stereocenters. The largest absolute Gasteiger partial charge is 0.457 e. The molecular formula is C25H24N2O. The van der Waals surface area contributed by atoms with Crippen LogP contribution in [0.15, 0.2) is 72.9 Å². The number of nitrogens with one attached hydrogen (secondary N) is 1. The molecule has 28 heavy (non-hydrogen) atoms. The van der Waals surface area contributed by atoms with E-state index in [1.54, 1.807) is 0 Å². The maximum absolute atomic E-state index is 6.33. The molecule has 3 nitrogen and oxygen atoms in total. The first-order valence-corrected chi connectivity index (χ1v) is 10.0. The topological polar surface area (TPSA) is 51.0 Å². The van der Waals surface area contributed by atoms with Gasteiger partial charge in [0.25, 0.3) is 0 Å². The molecule has 0 amide bonds. The molecule has 1 heterocycles. The van der Waals surface area contributed by atoms with E-state index in [2.05, 4.69) is 35.4 Å². The summed E-state index contributed by atoms with van der Waals surface area (Å²) in [6, 6.07) is 22.6. The molecule has 1 aliphatic rings. The zero-order valence-electron chi connectivity index (χ0n) is 15.8. The molecule has 3 N–H and O–H groups in total. The van der Waals surface area contributed by atoms with Gasteiger partial charge in [0.15, 0.2) is 0 Å². The van der Waals surface area contributed by atoms with Gasteiger partial charge in [-0.3, -0.25) is 0 Å². The lowest BCUT2D eigenvalue weighted by atomic mass is 9.90. The molecule has 0 spiro atoms. The van der Waals surface area contributed by atoms with Crippen LogP contribution in [-0.4, -0.2) is 4.98 Å². The Kier molecular flexibility index (Phi) is 4.28. The van der Waals surface area contributed by atoms with Crippen LogP contribution in [0.1, 0.15) is 37.2 Å². The SMILES string of the molecule is Nc1[nH]cc2c(C3CCCC3)ccc(-c3ccc(Oc4ccccc4)cc3)c12. The van der Waals surface area contributed by atoms with Crippen LogP contribution in [0.4, 0.5) is 5.82 Å². The lowest BCUT2D eigenvalue weighted by Crippen LogP contribution is -1.94. The molecule has 0 saturated heterocycles. The summed E-state index contributed by atoms with van der Waals surface area (Å²) >= 11 is 0. The smallest absolute Gasteiger partial charge is 0.127 e. The third kappa shape index (κ3) is 3.03. The molecule has 5 rings (SSSR count). The Bertz CT molecular complexity index is 1090. The average Bonchev–Trinajstić information content (AvgIpc) is 3.40. The van der Waals surface area contributed by atoms with Crippen LogP contribution in [0.25, 0.3) is 21.9 Å². The van der Waals surface area contributed by atoms with Gasteiger partial charge < -0.3 is 15.5 Å². The van der Waals surface area contributed by atoms with Crippen molar-refractivity contribution in [1.29, 1.82) is 0 Å². The van der Waals surface area contributed by atoms with Crippen molar-refractivity contribution in [1.82, 2.24) is 4.98 Å². The molecule has 4 aromatic rings. The summed E-state index contributed by atoms with van der Waals surface area (Å²) < 4.78 is 5.92. The highest BCUT2D eigenvalue weighted by atomic mass is 16.5. The monoisotopic (exact) mass is 368 g/mol. The third-order valence-electron chi connectivity index (χ3n) is 5.86. The average molecular weight is 368 g/mol. The number of nitrogen functional groups attached to an aromatic ring is 1. The fraction of sp³-hybridized carbons (Fsp3) is 0.200. The van der Waals surface area contributed by atoms with E-state index < -0.39 is 0 Å². The lowest BCUT2D eigenvalue weighted by Gasteiger charge is -2.14. The van der Waals surface area contributed by atoms with E-state index in [0.29, 0.717) is 5.92 Å². The van der Waals surface area contributed by atoms with Gasteiger partial charge in [0.1, 0.15) is 17.3 Å². The van der Waals surface area contributed by atoms with E-state index in [1.165, 1.54) is 42.2 Å². The molecule has 0 bridgehead atoms. The quantitative estimate of drug-likeness (QED) is 0.413. The van der Waals surface area contributed by atoms with Crippen molar-refractivity contribution < 1.29 is 4.74 Å². The number of fused-ring (bicyclic) bond motifs is 1. The number of aromatic nitrogens is 1. The highest BCUT2D eigenvalue weighted by molar-refractivity contribution is 6.05. The van der Waals surface area contributed by atoms with Crippen LogP contribution < -0.4 is 10.5 Å². The predicted octanol–water partition coefficient (Wildman–Crippen LogP) is 6.87. The van der Waals surface area contributed by atoms with Gasteiger partial charge in [0.2, 0.25) is 0 Å². The van der Waals surface area contributed by atoms with Crippen molar-refractivity contribution >= 4 is 16.6 Å². The number of rotatable bonds is 4. The minimum absolute atomic E-state index is 0.661. The maximum Gasteiger partial charge on any atom is 0.127 e. The Morgan fingerprint density at radius 3 is 2.29 bits per heavy atom. The van der Waals surface area contributed by atoms with Crippen LogP contribution >= 0.6 is 0 Å². The standard InChI is InChI=1S/C25H24N2O/c26-25-24-22(15-14-21(23(24)16-27-25)17-6-4-5-7-17)18-10-12-20(13-11-18)28-19-8-2-1-3-9-19/h1-3,8-17,27H,4-7,26H2. The first-order valence-electron chi connectivity index (χ1n) is 10.0. The fourth-order valence-corrected chi connectivity index (χ4v) is 4.46. The van der Waals surface area contributed by atoms with Crippen molar-refractivity contribution in [2.24, 2.45) is 0 Å². The number of ether oxygens (including phenoxy) is 1. The Hall–Kier alpha value is -3.20. The Morgan fingerprint density at radius 2 is 1.54 bits per heavy atom. The number of anilines is 1. The summed E-state index contributed by atoms with van der Waals surface area (Å²) in [7, 11) is 0. The molecule has 3 aromatic carbocycles. The molecule has 0 aliphatic heterocycles. The van der Waals surface area contributed by atoms with E-state index in [4.69, 9.17) is 10.5 Å². The second kappa shape index (κ2) is 7.08. The molecule has 1 aliphatic carbocycles. The summed E-state index contributed by atoms with van der Waals surface area (Å²) in [5.74, 6) is 3.08. The van der Waals surface area contributed by atoms with Crippen LogP contribution in [0, 0.1) is 0 Å². The minimum atomic E-state index is 0.661. The number of benzene rings is 3. The van der Waals surface area contributed by atoms with Crippen molar-refractivity contribution in [3.8, 4) is 22.6 Å². The fourth-order valence-electron chi connectivity index (χ4n) is 4.46. The Balaban J connectivity index is 1.51. The number of nitrogens with two attached hydrogens (primary N) is 1. The lowest BCUT2D eigenvalue weighted by molar-refractivity contribution is 0.483. The molecule has 0 unspecified atom stereocenters. The first kappa shape index (κ1) is 16.9. The summed E-state index contributed by atoms with van der Waals surface area (Å²) in [6.45, 7) is 0. The number of para-hydroxylation sites is 1. The van der Waals surface area contributed by atoms with Gasteiger partial charge in [-0.2, -0.15) is 0 Å². The van der Waals surface area contributed by atoms with Gasteiger partial charge in [0, 0.05) is 17.0 Å². The van der Waals surface area contributed by atoms with Crippen molar-refractivity contribution in [2.75, 3.05) is 5.73 Å². The maximum atomic E-state index is 6.33. The molecule has 140 valence electrons. The summed E-state index contributed by atoms with van der Waals surface area (Å²) in [5, 5.41) is 2.41. The van der Waals surface area contributed by atoms with Crippen LogP contribution in [-0.2, 0) is 0 Å². The Morgan fingerprint density at radius 1 is 0.821 bits per heavy atom. The van der Waals surface area contributed by atoms with Crippen LogP contribution in [0.2, 0.25) is 0 Å². The summed E-state index contributed by atoms with van der Waals surface area (Å²) in [6.07, 6.45) is 7.30. The number of hydrogen-bond donors (Lipinski definition) is 2. The van der Waals surface area contributed by atoms with Gasteiger partial charge in [0.05, 0.1) is 0 Å². The van der Waals surface area contributed by atoms with Gasteiger partial charge >= 0.3 is 0 Å². The molecule has 3 heteroatoms. The zero-order valence-corrected chi connectivity index (χ0v) is 15.8. The van der Waals surface area contributed by atoms with Crippen LogP contribution in [0.3, 0.4) is 0 Å². The van der Waals surface area contributed by atoms with Crippen molar-refractivity contribution in [3.05, 3.63) is 78.5 Å². The molecule has 1 saturated carbocycles. The normalized spacial score (nSPS) is 14.6. The molecular weight excluding hydrogens is 344 g/mol. The number of hydrogen-bond acceptors (Lipinski definition) is 2. The second-order valence-electron chi connectivity index (χ2n) is 7.61. The highest BCUT2D eigenvalue weighted by Gasteiger charge is 2.21. The van der Waals surface area contributed by atoms with E-state index in [-0.39, 0.29) is 0 Å². The van der Waals surface area contributed by atoms with Gasteiger partial charge in [-0.25, -0.2) is 0 Å². The summed E-state index contributed by atoms with van der Waals surface area (Å²) in [5.41, 5.74) is 10.1. The first-order chi connectivity index (χ1) is 13.8. The van der Waals surface area contributed by atoms with E-state index in [0.717, 1.165) is 28.3 Å².